The Bertz CT molecular complexity index is 2200. The van der Waals surface area contributed by atoms with Gasteiger partial charge in [0.25, 0.3) is 0 Å². The number of piperidine rings is 2. The van der Waals surface area contributed by atoms with Crippen LogP contribution in [-0.4, -0.2) is 110 Å². The summed E-state index contributed by atoms with van der Waals surface area (Å²) < 4.78 is 28.5. The van der Waals surface area contributed by atoms with E-state index in [1.54, 1.807) is 29.2 Å². The molecule has 3 atom stereocenters. The van der Waals surface area contributed by atoms with E-state index < -0.39 is 0 Å². The van der Waals surface area contributed by atoms with Crippen LogP contribution in [0.15, 0.2) is 85.5 Å². The Morgan fingerprint density at radius 1 is 0.738 bits per heavy atom. The first-order valence-corrected chi connectivity index (χ1v) is 21.9. The summed E-state index contributed by atoms with van der Waals surface area (Å²) in [5, 5.41) is 10.7. The van der Waals surface area contributed by atoms with E-state index in [1.165, 1.54) is 18.2 Å². The second-order valence-corrected chi connectivity index (χ2v) is 17.0. The Kier molecular flexibility index (Phi) is 12.9. The molecule has 2 amide bonds. The zero-order valence-electron chi connectivity index (χ0n) is 35.3. The lowest BCUT2D eigenvalue weighted by atomic mass is 10.0. The van der Waals surface area contributed by atoms with E-state index in [0.717, 1.165) is 86.7 Å². The molecule has 4 aromatic rings. The predicted molar refractivity (Wildman–Crippen MR) is 241 cm³/mol. The van der Waals surface area contributed by atoms with Crippen molar-refractivity contribution >= 4 is 46.2 Å². The molecule has 12 nitrogen and oxygen atoms in total. The summed E-state index contributed by atoms with van der Waals surface area (Å²) in [7, 11) is 2.05. The van der Waals surface area contributed by atoms with Gasteiger partial charge in [0.2, 0.25) is 11.8 Å². The van der Waals surface area contributed by atoms with Crippen molar-refractivity contribution in [3.8, 4) is 11.4 Å². The van der Waals surface area contributed by atoms with Gasteiger partial charge in [0.05, 0.1) is 17.4 Å². The number of likely N-dealkylation sites (N-methyl/N-ethyl adjacent to an activating group) is 1. The maximum Gasteiger partial charge on any atom is 0.246 e. The van der Waals surface area contributed by atoms with Crippen molar-refractivity contribution in [3.05, 3.63) is 97.1 Å². The highest BCUT2D eigenvalue weighted by Crippen LogP contribution is 2.34. The largest absolute Gasteiger partial charge is 0.369 e. The summed E-state index contributed by atoms with van der Waals surface area (Å²) in [6.07, 6.45) is 7.29. The van der Waals surface area contributed by atoms with Crippen molar-refractivity contribution in [2.45, 2.75) is 76.0 Å². The Balaban J connectivity index is 1.11. The van der Waals surface area contributed by atoms with Crippen LogP contribution in [0, 0.1) is 11.6 Å². The molecule has 0 bridgehead atoms. The number of carbonyl (C=O) groups excluding carboxylic acids is 2. The van der Waals surface area contributed by atoms with Crippen LogP contribution in [0.25, 0.3) is 11.4 Å². The maximum atomic E-state index is 14.2. The van der Waals surface area contributed by atoms with E-state index in [1.807, 2.05) is 19.1 Å². The molecular formula is C47H58F2N10O2. The molecule has 2 aromatic heterocycles. The number of anilines is 6. The van der Waals surface area contributed by atoms with E-state index in [4.69, 9.17) is 9.97 Å². The number of aromatic nitrogens is 2. The zero-order chi connectivity index (χ0) is 42.5. The quantitative estimate of drug-likeness (QED) is 0.116. The number of likely N-dealkylation sites (tertiary alicyclic amines) is 1. The topological polar surface area (TPSA) is 112 Å². The van der Waals surface area contributed by atoms with Gasteiger partial charge in [-0.25, -0.2) is 18.7 Å². The number of nitrogens with zero attached hydrogens (tertiary/aromatic N) is 7. The van der Waals surface area contributed by atoms with Crippen molar-refractivity contribution in [1.82, 2.24) is 20.2 Å². The first-order valence-electron chi connectivity index (χ1n) is 21.9. The molecule has 322 valence electrons. The van der Waals surface area contributed by atoms with Crippen LogP contribution in [0.3, 0.4) is 0 Å². The van der Waals surface area contributed by atoms with Gasteiger partial charge in [-0.2, -0.15) is 0 Å². The van der Waals surface area contributed by atoms with E-state index in [0.29, 0.717) is 56.4 Å². The van der Waals surface area contributed by atoms with Gasteiger partial charge >= 0.3 is 0 Å². The third-order valence-electron chi connectivity index (χ3n) is 12.5. The van der Waals surface area contributed by atoms with Gasteiger partial charge in [0.15, 0.2) is 0 Å². The lowest BCUT2D eigenvalue weighted by Crippen LogP contribution is -2.60. The SMILES string of the molecule is C=CC(=O)N1CC(N(C)c2cc(N[C@@H]3CCCN(c4cccc(F)c4)C3)nc(-c3cc(N4CCC(NC(=O)CCC)C4)cc(N[C@@H]4CCCN(c5cccc(F)c5)C4)n3)c2)C1. The van der Waals surface area contributed by atoms with Gasteiger partial charge < -0.3 is 40.4 Å². The number of halogens is 2. The van der Waals surface area contributed by atoms with E-state index in [-0.39, 0.29) is 47.6 Å². The summed E-state index contributed by atoms with van der Waals surface area (Å²) >= 11 is 0. The number of hydrogen-bond acceptors (Lipinski definition) is 10. The molecule has 8 rings (SSSR count). The van der Waals surface area contributed by atoms with Crippen LogP contribution < -0.4 is 35.6 Å². The molecule has 0 spiro atoms. The molecule has 14 heteroatoms. The number of rotatable bonds is 14. The minimum Gasteiger partial charge on any atom is -0.369 e. The standard InChI is InChI=1S/C47H58F2N10O2/c1-4-10-46(60)52-36-17-20-58(29-36)40-24-43(54-45(26-40)51-35-14-9-19-57(28-35)38-16-7-12-33(49)22-38)42-23-39(55(3)41-30-59(31-41)47(61)5-2)25-44(53-42)50-34-13-8-18-56(27-34)37-15-6-11-32(48)21-37/h5-7,11-12,15-16,21-26,34-36,41H,2,4,8-10,13-14,17-20,27-31H2,1,3H3,(H,50,53)(H,51,54)(H,52,60)/t34-,35-,36?/m1/s1. The first kappa shape index (κ1) is 41.8. The fourth-order valence-electron chi connectivity index (χ4n) is 9.11. The Labute approximate surface area is 358 Å². The molecule has 0 radical (unpaired) electrons. The number of carbonyl (C=O) groups is 2. The van der Waals surface area contributed by atoms with Crippen LogP contribution in [0.4, 0.5) is 43.2 Å². The van der Waals surface area contributed by atoms with Crippen LogP contribution >= 0.6 is 0 Å². The minimum absolute atomic E-state index is 0.0496. The van der Waals surface area contributed by atoms with Crippen molar-refractivity contribution < 1.29 is 18.4 Å². The third kappa shape index (κ3) is 10.2. The van der Waals surface area contributed by atoms with Gasteiger partial charge in [-0.1, -0.05) is 25.6 Å². The number of benzene rings is 2. The molecule has 0 aliphatic carbocycles. The van der Waals surface area contributed by atoms with Crippen molar-refractivity contribution in [2.24, 2.45) is 0 Å². The summed E-state index contributed by atoms with van der Waals surface area (Å²) in [5.74, 6) is 0.947. The van der Waals surface area contributed by atoms with Gasteiger partial charge in [-0.15, -0.1) is 0 Å². The van der Waals surface area contributed by atoms with E-state index >= 15 is 0 Å². The van der Waals surface area contributed by atoms with Gasteiger partial charge in [-0.05, 0) is 93.1 Å². The average molecular weight is 833 g/mol. The monoisotopic (exact) mass is 832 g/mol. The normalized spacial score (nSPS) is 20.6. The fourth-order valence-corrected chi connectivity index (χ4v) is 9.11. The highest BCUT2D eigenvalue weighted by Gasteiger charge is 2.33. The molecule has 4 aliphatic rings. The minimum atomic E-state index is -0.249. The predicted octanol–water partition coefficient (Wildman–Crippen LogP) is 6.91. The molecule has 1 unspecified atom stereocenters. The molecule has 4 fully saturated rings. The maximum absolute atomic E-state index is 14.2. The third-order valence-corrected chi connectivity index (χ3v) is 12.5. The summed E-state index contributed by atoms with van der Waals surface area (Å²) in [6.45, 7) is 11.4. The van der Waals surface area contributed by atoms with Crippen LogP contribution in [-0.2, 0) is 9.59 Å². The number of pyridine rings is 2. The lowest BCUT2D eigenvalue weighted by Gasteiger charge is -2.44. The molecule has 2 aromatic carbocycles. The summed E-state index contributed by atoms with van der Waals surface area (Å²) in [4.78, 5) is 46.2. The van der Waals surface area contributed by atoms with Crippen molar-refractivity contribution in [3.63, 3.8) is 0 Å². The Morgan fingerprint density at radius 3 is 1.90 bits per heavy atom. The second-order valence-electron chi connectivity index (χ2n) is 17.0. The first-order chi connectivity index (χ1) is 29.6. The van der Waals surface area contributed by atoms with E-state index in [2.05, 4.69) is 73.4 Å². The molecule has 61 heavy (non-hydrogen) atoms. The van der Waals surface area contributed by atoms with Gasteiger partial charge in [0.1, 0.15) is 23.3 Å². The molecule has 3 N–H and O–H groups in total. The zero-order valence-corrected chi connectivity index (χ0v) is 35.3. The fraction of sp³-hybridized carbons (Fsp3) is 0.447. The number of amides is 2. The molecule has 6 heterocycles. The van der Waals surface area contributed by atoms with Crippen LogP contribution in [0.5, 0.6) is 0 Å². The average Bonchev–Trinajstić information content (AvgIpc) is 3.71. The molecular weight excluding hydrogens is 775 g/mol. The smallest absolute Gasteiger partial charge is 0.246 e. The molecule has 4 aliphatic heterocycles. The highest BCUT2D eigenvalue weighted by molar-refractivity contribution is 5.88. The van der Waals surface area contributed by atoms with Gasteiger partial charge in [0, 0.05) is 119 Å². The van der Waals surface area contributed by atoms with E-state index in [9.17, 15) is 18.4 Å². The van der Waals surface area contributed by atoms with Crippen LogP contribution in [0.2, 0.25) is 0 Å². The van der Waals surface area contributed by atoms with Crippen LogP contribution in [0.1, 0.15) is 51.9 Å². The van der Waals surface area contributed by atoms with Gasteiger partial charge in [-0.3, -0.25) is 9.59 Å². The Morgan fingerprint density at radius 2 is 1.31 bits per heavy atom. The van der Waals surface area contributed by atoms with Crippen molar-refractivity contribution in [2.75, 3.05) is 89.6 Å². The molecule has 4 saturated heterocycles. The number of hydrogen-bond donors (Lipinski definition) is 3. The Hall–Kier alpha value is -5.92. The second kappa shape index (κ2) is 18.8. The summed E-state index contributed by atoms with van der Waals surface area (Å²) in [6, 6.07) is 22.2. The molecule has 0 saturated carbocycles. The van der Waals surface area contributed by atoms with Crippen molar-refractivity contribution in [1.29, 1.82) is 0 Å². The summed E-state index contributed by atoms with van der Waals surface area (Å²) in [5.41, 5.74) is 5.07. The number of nitrogens with one attached hydrogen (secondary N) is 3. The highest BCUT2D eigenvalue weighted by atomic mass is 19.1. The lowest BCUT2D eigenvalue weighted by molar-refractivity contribution is -0.130.